The van der Waals surface area contributed by atoms with Gasteiger partial charge in [-0.2, -0.15) is 5.10 Å². The molecule has 1 aromatic heterocycles. The van der Waals surface area contributed by atoms with Crippen LogP contribution in [0.25, 0.3) is 11.3 Å². The number of anilines is 1. The number of ether oxygens (including phenoxy) is 1. The van der Waals surface area contributed by atoms with E-state index in [4.69, 9.17) is 10.5 Å². The summed E-state index contributed by atoms with van der Waals surface area (Å²) in [5.74, 6) is 0.761. The molecule has 1 heterocycles. The van der Waals surface area contributed by atoms with Crippen LogP contribution in [0, 0.1) is 0 Å². The van der Waals surface area contributed by atoms with Gasteiger partial charge in [0.25, 0.3) is 0 Å². The lowest BCUT2D eigenvalue weighted by molar-refractivity contribution is 0.415. The van der Waals surface area contributed by atoms with Gasteiger partial charge >= 0.3 is 0 Å². The number of hydrogen-bond donors (Lipinski definition) is 1. The van der Waals surface area contributed by atoms with Gasteiger partial charge in [0.1, 0.15) is 5.75 Å². The van der Waals surface area contributed by atoms with Gasteiger partial charge in [0.05, 0.1) is 12.8 Å². The molecule has 0 spiro atoms. The molecule has 0 saturated carbocycles. The maximum absolute atomic E-state index is 5.86. The fourth-order valence-corrected chi connectivity index (χ4v) is 1.84. The summed E-state index contributed by atoms with van der Waals surface area (Å²) in [6.07, 6.45) is 1.80. The van der Waals surface area contributed by atoms with Crippen LogP contribution >= 0.6 is 0 Å². The number of hydrogen-bond acceptors (Lipinski definition) is 3. The first-order chi connectivity index (χ1) is 8.11. The molecule has 0 amide bonds. The summed E-state index contributed by atoms with van der Waals surface area (Å²) in [6, 6.07) is 7.99. The smallest absolute Gasteiger partial charge is 0.121 e. The molecular weight excluding hydrogens is 214 g/mol. The van der Waals surface area contributed by atoms with E-state index in [1.54, 1.807) is 19.4 Å². The van der Waals surface area contributed by atoms with Crippen LogP contribution in [0.15, 0.2) is 30.5 Å². The van der Waals surface area contributed by atoms with Crippen LogP contribution in [0.2, 0.25) is 0 Å². The van der Waals surface area contributed by atoms with E-state index in [1.807, 2.05) is 22.9 Å². The Hall–Kier alpha value is -1.97. The summed E-state index contributed by atoms with van der Waals surface area (Å²) >= 11 is 0. The zero-order valence-corrected chi connectivity index (χ0v) is 10.3. The van der Waals surface area contributed by atoms with Gasteiger partial charge in [0.2, 0.25) is 0 Å². The van der Waals surface area contributed by atoms with Crippen molar-refractivity contribution in [1.29, 1.82) is 0 Å². The molecule has 0 unspecified atom stereocenters. The van der Waals surface area contributed by atoms with E-state index in [0.717, 1.165) is 17.0 Å². The first-order valence-electron chi connectivity index (χ1n) is 5.60. The fraction of sp³-hybridized carbons (Fsp3) is 0.308. The molecule has 0 bridgehead atoms. The molecule has 0 atom stereocenters. The highest BCUT2D eigenvalue weighted by Gasteiger charge is 2.09. The Morgan fingerprint density at radius 3 is 2.71 bits per heavy atom. The minimum Gasteiger partial charge on any atom is -0.497 e. The van der Waals surface area contributed by atoms with Gasteiger partial charge in [-0.25, -0.2) is 0 Å². The second-order valence-corrected chi connectivity index (χ2v) is 4.25. The van der Waals surface area contributed by atoms with E-state index in [9.17, 15) is 0 Å². The fourth-order valence-electron chi connectivity index (χ4n) is 1.84. The molecule has 0 aliphatic rings. The average Bonchev–Trinajstić information content (AvgIpc) is 2.77. The van der Waals surface area contributed by atoms with Crippen LogP contribution < -0.4 is 10.5 Å². The quantitative estimate of drug-likeness (QED) is 0.826. The zero-order valence-electron chi connectivity index (χ0n) is 10.3. The van der Waals surface area contributed by atoms with Gasteiger partial charge < -0.3 is 10.5 Å². The van der Waals surface area contributed by atoms with Crippen molar-refractivity contribution >= 4 is 5.69 Å². The second kappa shape index (κ2) is 4.49. The summed E-state index contributed by atoms with van der Waals surface area (Å²) < 4.78 is 7.19. The topological polar surface area (TPSA) is 53.1 Å². The van der Waals surface area contributed by atoms with Crippen LogP contribution in [0.5, 0.6) is 5.75 Å². The minimum absolute atomic E-state index is 0.312. The summed E-state index contributed by atoms with van der Waals surface area (Å²) in [6.45, 7) is 4.19. The predicted octanol–water partition coefficient (Wildman–Crippen LogP) is 2.72. The molecule has 0 radical (unpaired) electrons. The molecule has 2 N–H and O–H groups in total. The summed E-state index contributed by atoms with van der Waals surface area (Å²) in [7, 11) is 1.64. The Bertz CT molecular complexity index is 517. The van der Waals surface area contributed by atoms with Crippen LogP contribution in [-0.2, 0) is 0 Å². The first-order valence-corrected chi connectivity index (χ1v) is 5.60. The zero-order chi connectivity index (χ0) is 12.4. The molecule has 90 valence electrons. The number of aromatic nitrogens is 2. The monoisotopic (exact) mass is 231 g/mol. The Morgan fingerprint density at radius 1 is 1.29 bits per heavy atom. The maximum atomic E-state index is 5.86. The first kappa shape index (κ1) is 11.5. The third kappa shape index (κ3) is 2.25. The maximum Gasteiger partial charge on any atom is 0.121 e. The number of nitrogens with zero attached hydrogens (tertiary/aromatic N) is 2. The number of methoxy groups -OCH3 is 1. The molecular formula is C13H17N3O. The normalized spacial score (nSPS) is 10.8. The molecule has 4 nitrogen and oxygen atoms in total. The second-order valence-electron chi connectivity index (χ2n) is 4.25. The molecule has 0 fully saturated rings. The number of benzene rings is 1. The summed E-state index contributed by atoms with van der Waals surface area (Å²) in [4.78, 5) is 0. The van der Waals surface area contributed by atoms with Gasteiger partial charge in [-0.1, -0.05) is 0 Å². The van der Waals surface area contributed by atoms with Crippen LogP contribution in [0.4, 0.5) is 5.69 Å². The molecule has 1 aromatic carbocycles. The lowest BCUT2D eigenvalue weighted by Gasteiger charge is -2.12. The van der Waals surface area contributed by atoms with Gasteiger partial charge in [-0.05, 0) is 32.0 Å². The van der Waals surface area contributed by atoms with E-state index < -0.39 is 0 Å². The molecule has 17 heavy (non-hydrogen) atoms. The molecule has 2 aromatic rings. The van der Waals surface area contributed by atoms with Crippen molar-refractivity contribution in [1.82, 2.24) is 9.78 Å². The van der Waals surface area contributed by atoms with E-state index in [-0.39, 0.29) is 0 Å². The standard InChI is InChI=1S/C13H17N3O/c1-9(2)16-13(4-5-15-16)10-6-11(14)8-12(7-10)17-3/h4-9H,14H2,1-3H3. The molecule has 2 rings (SSSR count). The van der Waals surface area contributed by atoms with E-state index >= 15 is 0 Å². The lowest BCUT2D eigenvalue weighted by Crippen LogP contribution is -2.04. The minimum atomic E-state index is 0.312. The highest BCUT2D eigenvalue weighted by Crippen LogP contribution is 2.28. The van der Waals surface area contributed by atoms with Crippen LogP contribution in [0.1, 0.15) is 19.9 Å². The van der Waals surface area contributed by atoms with Crippen molar-refractivity contribution in [2.24, 2.45) is 0 Å². The van der Waals surface area contributed by atoms with Crippen molar-refractivity contribution in [3.05, 3.63) is 30.5 Å². The predicted molar refractivity (Wildman–Crippen MR) is 69.0 cm³/mol. The highest BCUT2D eigenvalue weighted by atomic mass is 16.5. The van der Waals surface area contributed by atoms with Crippen LogP contribution in [-0.4, -0.2) is 16.9 Å². The van der Waals surface area contributed by atoms with Crippen molar-refractivity contribution in [2.45, 2.75) is 19.9 Å². The van der Waals surface area contributed by atoms with Crippen molar-refractivity contribution in [3.63, 3.8) is 0 Å². The van der Waals surface area contributed by atoms with Crippen molar-refractivity contribution in [3.8, 4) is 17.0 Å². The lowest BCUT2D eigenvalue weighted by atomic mass is 10.1. The largest absolute Gasteiger partial charge is 0.497 e. The van der Waals surface area contributed by atoms with E-state index in [1.165, 1.54) is 0 Å². The van der Waals surface area contributed by atoms with Gasteiger partial charge in [-0.3, -0.25) is 4.68 Å². The molecule has 0 aliphatic heterocycles. The van der Waals surface area contributed by atoms with E-state index in [0.29, 0.717) is 11.7 Å². The van der Waals surface area contributed by atoms with E-state index in [2.05, 4.69) is 18.9 Å². The van der Waals surface area contributed by atoms with Crippen molar-refractivity contribution in [2.75, 3.05) is 12.8 Å². The molecule has 0 aliphatic carbocycles. The third-order valence-electron chi connectivity index (χ3n) is 2.62. The Kier molecular flexibility index (Phi) is 3.04. The Balaban J connectivity index is 2.52. The average molecular weight is 231 g/mol. The third-order valence-corrected chi connectivity index (χ3v) is 2.62. The van der Waals surface area contributed by atoms with Crippen molar-refractivity contribution < 1.29 is 4.74 Å². The van der Waals surface area contributed by atoms with Crippen LogP contribution in [0.3, 0.4) is 0 Å². The summed E-state index contributed by atoms with van der Waals surface area (Å²) in [5, 5.41) is 4.31. The number of rotatable bonds is 3. The SMILES string of the molecule is COc1cc(N)cc(-c2ccnn2C(C)C)c1. The summed E-state index contributed by atoms with van der Waals surface area (Å²) in [5.41, 5.74) is 8.62. The highest BCUT2D eigenvalue weighted by molar-refractivity contribution is 5.67. The number of nitrogen functional groups attached to an aromatic ring is 1. The Labute approximate surface area is 101 Å². The molecule has 0 saturated heterocycles. The van der Waals surface area contributed by atoms with Gasteiger partial charge in [0, 0.05) is 29.6 Å². The van der Waals surface area contributed by atoms with Gasteiger partial charge in [0.15, 0.2) is 0 Å². The number of nitrogens with two attached hydrogens (primary N) is 1. The molecule has 4 heteroatoms. The Morgan fingerprint density at radius 2 is 2.06 bits per heavy atom. The van der Waals surface area contributed by atoms with Gasteiger partial charge in [-0.15, -0.1) is 0 Å².